The topological polar surface area (TPSA) is 27.0 Å². The molecule has 0 unspecified atom stereocenters. The molecule has 1 heterocycles. The smallest absolute Gasteiger partial charge is 0.0885 e. The summed E-state index contributed by atoms with van der Waals surface area (Å²) in [4.78, 5) is 2.50. The Balaban J connectivity index is 2.37. The van der Waals surface area contributed by atoms with E-state index >= 15 is 0 Å². The van der Waals surface area contributed by atoms with E-state index in [2.05, 4.69) is 62.9 Å². The molecule has 0 amide bonds. The van der Waals surface area contributed by atoms with E-state index in [1.807, 2.05) is 6.07 Å². The maximum absolute atomic E-state index is 10.0. The molecule has 0 spiro atoms. The quantitative estimate of drug-likeness (QED) is 0.831. The molecule has 2 nitrogen and oxygen atoms in total. The van der Waals surface area contributed by atoms with Crippen molar-refractivity contribution in [3.63, 3.8) is 0 Å². The lowest BCUT2D eigenvalue weighted by Crippen LogP contribution is -2.41. The predicted molar refractivity (Wildman–Crippen MR) is 83.4 cm³/mol. The van der Waals surface area contributed by atoms with Crippen molar-refractivity contribution < 1.29 is 0 Å². The fourth-order valence-corrected chi connectivity index (χ4v) is 3.67. The summed E-state index contributed by atoms with van der Waals surface area (Å²) in [6.07, 6.45) is 1.12. The lowest BCUT2D eigenvalue weighted by Gasteiger charge is -2.37. The molecule has 0 aliphatic carbocycles. The predicted octanol–water partition coefficient (Wildman–Crippen LogP) is 3.83. The first-order chi connectivity index (χ1) is 9.52. The van der Waals surface area contributed by atoms with Crippen molar-refractivity contribution in [2.75, 3.05) is 13.1 Å². The SMILES string of the molecule is CC(C)N1CC[C@H]([C@@](C#N)(c2ccccc2)C(C)C)C1. The highest BCUT2D eigenvalue weighted by atomic mass is 15.2. The second-order valence-corrected chi connectivity index (χ2v) is 6.58. The summed E-state index contributed by atoms with van der Waals surface area (Å²) in [6, 6.07) is 13.7. The third kappa shape index (κ3) is 2.47. The van der Waals surface area contributed by atoms with Gasteiger partial charge in [-0.2, -0.15) is 5.26 Å². The van der Waals surface area contributed by atoms with Crippen LogP contribution in [0.15, 0.2) is 30.3 Å². The zero-order chi connectivity index (χ0) is 14.8. The van der Waals surface area contributed by atoms with E-state index < -0.39 is 0 Å². The summed E-state index contributed by atoms with van der Waals surface area (Å²) < 4.78 is 0. The average Bonchev–Trinajstić information content (AvgIpc) is 2.91. The minimum Gasteiger partial charge on any atom is -0.301 e. The van der Waals surface area contributed by atoms with Crippen LogP contribution in [0.1, 0.15) is 39.7 Å². The molecule has 0 N–H and O–H groups in total. The van der Waals surface area contributed by atoms with Gasteiger partial charge in [0.25, 0.3) is 0 Å². The Labute approximate surface area is 123 Å². The Hall–Kier alpha value is -1.33. The first-order valence-electron chi connectivity index (χ1n) is 7.73. The van der Waals surface area contributed by atoms with E-state index in [0.29, 0.717) is 17.9 Å². The number of nitriles is 1. The minimum atomic E-state index is -0.356. The third-order valence-corrected chi connectivity index (χ3v) is 4.94. The van der Waals surface area contributed by atoms with E-state index in [0.717, 1.165) is 19.5 Å². The van der Waals surface area contributed by atoms with Gasteiger partial charge in [-0.05, 0) is 44.2 Å². The monoisotopic (exact) mass is 270 g/mol. The van der Waals surface area contributed by atoms with Gasteiger partial charge in [0, 0.05) is 12.6 Å². The van der Waals surface area contributed by atoms with Gasteiger partial charge in [0.2, 0.25) is 0 Å². The second kappa shape index (κ2) is 5.97. The lowest BCUT2D eigenvalue weighted by atomic mass is 9.64. The largest absolute Gasteiger partial charge is 0.301 e. The summed E-state index contributed by atoms with van der Waals surface area (Å²) in [5.74, 6) is 0.754. The van der Waals surface area contributed by atoms with Crippen LogP contribution >= 0.6 is 0 Å². The van der Waals surface area contributed by atoms with Crippen LogP contribution in [0.2, 0.25) is 0 Å². The number of hydrogen-bond donors (Lipinski definition) is 0. The summed E-state index contributed by atoms with van der Waals surface area (Å²) in [5.41, 5.74) is 0.832. The highest BCUT2D eigenvalue weighted by Crippen LogP contribution is 2.43. The van der Waals surface area contributed by atoms with Crippen LogP contribution in [0.3, 0.4) is 0 Å². The van der Waals surface area contributed by atoms with E-state index in [4.69, 9.17) is 0 Å². The van der Waals surface area contributed by atoms with Gasteiger partial charge in [0.1, 0.15) is 0 Å². The summed E-state index contributed by atoms with van der Waals surface area (Å²) in [7, 11) is 0. The maximum atomic E-state index is 10.0. The van der Waals surface area contributed by atoms with Crippen LogP contribution < -0.4 is 0 Å². The van der Waals surface area contributed by atoms with Crippen LogP contribution in [-0.2, 0) is 5.41 Å². The number of nitrogens with zero attached hydrogens (tertiary/aromatic N) is 2. The molecule has 0 bridgehead atoms. The Morgan fingerprint density at radius 1 is 1.20 bits per heavy atom. The molecule has 1 fully saturated rings. The fourth-order valence-electron chi connectivity index (χ4n) is 3.67. The van der Waals surface area contributed by atoms with Crippen LogP contribution in [0, 0.1) is 23.2 Å². The molecule has 1 aromatic rings. The maximum Gasteiger partial charge on any atom is 0.0885 e. The molecular formula is C18H26N2. The first-order valence-corrected chi connectivity index (χ1v) is 7.73. The van der Waals surface area contributed by atoms with Crippen molar-refractivity contribution in [2.45, 2.75) is 45.6 Å². The van der Waals surface area contributed by atoms with Crippen LogP contribution in [0.5, 0.6) is 0 Å². The van der Waals surface area contributed by atoms with Crippen LogP contribution in [-0.4, -0.2) is 24.0 Å². The molecule has 20 heavy (non-hydrogen) atoms. The molecule has 0 saturated carbocycles. The molecule has 2 heteroatoms. The standard InChI is InChI=1S/C18H26N2/c1-14(2)18(13-19,16-8-6-5-7-9-16)17-10-11-20(12-17)15(3)4/h5-9,14-15,17H,10-12H2,1-4H3/t17-,18+/m0/s1. The normalized spacial score (nSPS) is 22.9. The van der Waals surface area contributed by atoms with E-state index in [-0.39, 0.29) is 5.41 Å². The minimum absolute atomic E-state index is 0.326. The summed E-state index contributed by atoms with van der Waals surface area (Å²) >= 11 is 0. The first kappa shape index (κ1) is 15.1. The molecule has 1 aliphatic heterocycles. The second-order valence-electron chi connectivity index (χ2n) is 6.58. The molecule has 1 aliphatic rings. The molecule has 108 valence electrons. The molecule has 0 aromatic heterocycles. The Morgan fingerprint density at radius 3 is 2.30 bits per heavy atom. The van der Waals surface area contributed by atoms with Crippen molar-refractivity contribution in [1.29, 1.82) is 5.26 Å². The van der Waals surface area contributed by atoms with Gasteiger partial charge in [-0.3, -0.25) is 0 Å². The molecule has 1 saturated heterocycles. The summed E-state index contributed by atoms with van der Waals surface area (Å²) in [5, 5.41) is 10.0. The molecular weight excluding hydrogens is 244 g/mol. The van der Waals surface area contributed by atoms with Crippen molar-refractivity contribution in [3.8, 4) is 6.07 Å². The molecule has 1 aromatic carbocycles. The zero-order valence-corrected chi connectivity index (χ0v) is 13.1. The highest BCUT2D eigenvalue weighted by molar-refractivity contribution is 5.35. The van der Waals surface area contributed by atoms with Crippen molar-refractivity contribution >= 4 is 0 Å². The van der Waals surface area contributed by atoms with E-state index in [1.165, 1.54) is 5.56 Å². The highest BCUT2D eigenvalue weighted by Gasteiger charge is 2.46. The van der Waals surface area contributed by atoms with Gasteiger partial charge >= 0.3 is 0 Å². The van der Waals surface area contributed by atoms with Crippen molar-refractivity contribution in [3.05, 3.63) is 35.9 Å². The van der Waals surface area contributed by atoms with Crippen LogP contribution in [0.25, 0.3) is 0 Å². The van der Waals surface area contributed by atoms with Gasteiger partial charge in [0.15, 0.2) is 0 Å². The molecule has 0 radical (unpaired) electrons. The molecule has 2 atom stereocenters. The Kier molecular flexibility index (Phi) is 4.50. The van der Waals surface area contributed by atoms with E-state index in [1.54, 1.807) is 0 Å². The van der Waals surface area contributed by atoms with Gasteiger partial charge in [0.05, 0.1) is 11.5 Å². The van der Waals surface area contributed by atoms with E-state index in [9.17, 15) is 5.26 Å². The Bertz CT molecular complexity index is 472. The van der Waals surface area contributed by atoms with Gasteiger partial charge < -0.3 is 4.90 Å². The zero-order valence-electron chi connectivity index (χ0n) is 13.1. The fraction of sp³-hybridized carbons (Fsp3) is 0.611. The third-order valence-electron chi connectivity index (χ3n) is 4.94. The summed E-state index contributed by atoms with van der Waals surface area (Å²) in [6.45, 7) is 11.0. The van der Waals surface area contributed by atoms with Gasteiger partial charge in [-0.1, -0.05) is 44.2 Å². The van der Waals surface area contributed by atoms with Gasteiger partial charge in [-0.15, -0.1) is 0 Å². The lowest BCUT2D eigenvalue weighted by molar-refractivity contribution is 0.221. The van der Waals surface area contributed by atoms with Crippen LogP contribution in [0.4, 0.5) is 0 Å². The molecule has 2 rings (SSSR count). The van der Waals surface area contributed by atoms with Crippen molar-refractivity contribution in [1.82, 2.24) is 4.90 Å². The number of rotatable bonds is 4. The average molecular weight is 270 g/mol. The Morgan fingerprint density at radius 2 is 1.85 bits per heavy atom. The van der Waals surface area contributed by atoms with Gasteiger partial charge in [-0.25, -0.2) is 0 Å². The van der Waals surface area contributed by atoms with Crippen molar-refractivity contribution in [2.24, 2.45) is 11.8 Å². The number of hydrogen-bond acceptors (Lipinski definition) is 2. The number of likely N-dealkylation sites (tertiary alicyclic amines) is 1. The number of benzene rings is 1.